The Hall–Kier alpha value is -2.66. The second-order valence-corrected chi connectivity index (χ2v) is 4.81. The fraction of sp³-hybridized carbons (Fsp3) is 0.125. The van der Waals surface area contributed by atoms with E-state index >= 15 is 0 Å². The van der Waals surface area contributed by atoms with Crippen LogP contribution in [0.1, 0.15) is 6.92 Å². The van der Waals surface area contributed by atoms with E-state index in [1.165, 1.54) is 0 Å². The monoisotopic (exact) mass is 281 g/mol. The smallest absolute Gasteiger partial charge is 0.241 e. The number of amides is 1. The van der Waals surface area contributed by atoms with Gasteiger partial charge in [0.2, 0.25) is 11.8 Å². The summed E-state index contributed by atoms with van der Waals surface area (Å²) in [5.74, 6) is 0.218. The molecule has 0 aliphatic carbocycles. The van der Waals surface area contributed by atoms with Gasteiger partial charge in [0.15, 0.2) is 5.58 Å². The fourth-order valence-corrected chi connectivity index (χ4v) is 2.01. The molecular formula is C16H15N3O2. The van der Waals surface area contributed by atoms with E-state index in [1.807, 2.05) is 42.5 Å². The first-order chi connectivity index (χ1) is 10.1. The highest BCUT2D eigenvalue weighted by atomic mass is 16.3. The number of para-hydroxylation sites is 3. The maximum atomic E-state index is 11.8. The molecule has 21 heavy (non-hydrogen) atoms. The van der Waals surface area contributed by atoms with Gasteiger partial charge in [0.1, 0.15) is 5.52 Å². The van der Waals surface area contributed by atoms with E-state index in [0.29, 0.717) is 17.2 Å². The minimum Gasteiger partial charge on any atom is -0.436 e. The normalized spacial score (nSPS) is 12.3. The Morgan fingerprint density at radius 3 is 2.67 bits per heavy atom. The van der Waals surface area contributed by atoms with Gasteiger partial charge in [-0.1, -0.05) is 24.3 Å². The molecule has 0 bridgehead atoms. The Bertz CT molecular complexity index is 760. The van der Waals surface area contributed by atoms with Crippen LogP contribution in [0, 0.1) is 0 Å². The molecule has 5 nitrogen and oxygen atoms in total. The molecule has 0 spiro atoms. The van der Waals surface area contributed by atoms with Crippen molar-refractivity contribution in [3.8, 4) is 11.5 Å². The number of nitrogens with zero attached hydrogens (tertiary/aromatic N) is 1. The van der Waals surface area contributed by atoms with Gasteiger partial charge in [-0.2, -0.15) is 0 Å². The third kappa shape index (κ3) is 2.64. The lowest BCUT2D eigenvalue weighted by Gasteiger charge is -2.10. The maximum absolute atomic E-state index is 11.8. The molecule has 5 heteroatoms. The number of aromatic nitrogens is 1. The number of carbonyl (C=O) groups is 1. The molecule has 0 aliphatic heterocycles. The number of hydrogen-bond donors (Lipinski definition) is 2. The zero-order valence-corrected chi connectivity index (χ0v) is 11.5. The molecule has 0 radical (unpaired) electrons. The third-order valence-electron chi connectivity index (χ3n) is 3.12. The quantitative estimate of drug-likeness (QED) is 0.773. The number of hydrogen-bond acceptors (Lipinski definition) is 4. The summed E-state index contributed by atoms with van der Waals surface area (Å²) in [6.07, 6.45) is 0. The van der Waals surface area contributed by atoms with Gasteiger partial charge >= 0.3 is 0 Å². The second kappa shape index (κ2) is 5.38. The van der Waals surface area contributed by atoms with Gasteiger partial charge < -0.3 is 15.5 Å². The van der Waals surface area contributed by atoms with Gasteiger partial charge in [0, 0.05) is 0 Å². The van der Waals surface area contributed by atoms with Crippen LogP contribution in [-0.4, -0.2) is 16.9 Å². The van der Waals surface area contributed by atoms with Gasteiger partial charge in [0.05, 0.1) is 17.3 Å². The van der Waals surface area contributed by atoms with Crippen LogP contribution in [0.3, 0.4) is 0 Å². The van der Waals surface area contributed by atoms with Crippen LogP contribution in [0.4, 0.5) is 5.69 Å². The number of fused-ring (bicyclic) bond motifs is 1. The Morgan fingerprint density at radius 1 is 1.19 bits per heavy atom. The van der Waals surface area contributed by atoms with Crippen LogP contribution in [0.25, 0.3) is 22.6 Å². The predicted molar refractivity (Wildman–Crippen MR) is 81.7 cm³/mol. The Labute approximate surface area is 121 Å². The molecule has 1 aromatic heterocycles. The van der Waals surface area contributed by atoms with Crippen LogP contribution >= 0.6 is 0 Å². The molecule has 0 fully saturated rings. The summed E-state index contributed by atoms with van der Waals surface area (Å²) in [7, 11) is 0. The first-order valence-corrected chi connectivity index (χ1v) is 6.66. The zero-order chi connectivity index (χ0) is 14.8. The van der Waals surface area contributed by atoms with E-state index in [9.17, 15) is 4.79 Å². The van der Waals surface area contributed by atoms with E-state index in [0.717, 1.165) is 11.1 Å². The van der Waals surface area contributed by atoms with Gasteiger partial charge in [-0.25, -0.2) is 4.98 Å². The number of oxazole rings is 1. The van der Waals surface area contributed by atoms with Gasteiger partial charge in [-0.15, -0.1) is 0 Å². The van der Waals surface area contributed by atoms with Crippen molar-refractivity contribution < 1.29 is 9.21 Å². The van der Waals surface area contributed by atoms with Crippen molar-refractivity contribution in [1.29, 1.82) is 0 Å². The molecule has 1 amide bonds. The Morgan fingerprint density at radius 2 is 1.90 bits per heavy atom. The van der Waals surface area contributed by atoms with Crippen molar-refractivity contribution in [3.05, 3.63) is 48.5 Å². The lowest BCUT2D eigenvalue weighted by molar-refractivity contribution is -0.117. The number of carbonyl (C=O) groups excluding carboxylic acids is 1. The Kier molecular flexibility index (Phi) is 3.41. The second-order valence-electron chi connectivity index (χ2n) is 4.81. The van der Waals surface area contributed by atoms with E-state index in [2.05, 4.69) is 10.3 Å². The third-order valence-corrected chi connectivity index (χ3v) is 3.12. The van der Waals surface area contributed by atoms with Crippen molar-refractivity contribution >= 4 is 22.7 Å². The number of anilines is 1. The molecule has 1 heterocycles. The SMILES string of the molecule is C[C@@H](N)C(=O)Nc1ccccc1-c1nc2ccccc2o1. The molecule has 0 aliphatic rings. The molecule has 3 aromatic rings. The molecule has 3 rings (SSSR count). The van der Waals surface area contributed by atoms with Gasteiger partial charge in [0.25, 0.3) is 0 Å². The van der Waals surface area contributed by atoms with Crippen LogP contribution in [0.15, 0.2) is 52.9 Å². The largest absolute Gasteiger partial charge is 0.436 e. The van der Waals surface area contributed by atoms with Gasteiger partial charge in [-0.05, 0) is 31.2 Å². The van der Waals surface area contributed by atoms with Crippen LogP contribution in [-0.2, 0) is 4.79 Å². The zero-order valence-electron chi connectivity index (χ0n) is 11.5. The summed E-state index contributed by atoms with van der Waals surface area (Å²) < 4.78 is 5.74. The van der Waals surface area contributed by atoms with Crippen molar-refractivity contribution in [3.63, 3.8) is 0 Å². The molecule has 0 saturated carbocycles. The molecule has 2 aromatic carbocycles. The van der Waals surface area contributed by atoms with Crippen LogP contribution in [0.5, 0.6) is 0 Å². The summed E-state index contributed by atoms with van der Waals surface area (Å²) in [4.78, 5) is 16.2. The lowest BCUT2D eigenvalue weighted by Crippen LogP contribution is -2.32. The van der Waals surface area contributed by atoms with Crippen LogP contribution < -0.4 is 11.1 Å². The summed E-state index contributed by atoms with van der Waals surface area (Å²) in [5.41, 5.74) is 8.43. The van der Waals surface area contributed by atoms with E-state index in [1.54, 1.807) is 13.0 Å². The van der Waals surface area contributed by atoms with Crippen molar-refractivity contribution in [2.45, 2.75) is 13.0 Å². The highest BCUT2D eigenvalue weighted by molar-refractivity contribution is 5.97. The number of benzene rings is 2. The van der Waals surface area contributed by atoms with E-state index < -0.39 is 6.04 Å². The summed E-state index contributed by atoms with van der Waals surface area (Å²) in [6.45, 7) is 1.64. The molecular weight excluding hydrogens is 266 g/mol. The standard InChI is InChI=1S/C16H15N3O2/c1-10(17)15(20)18-12-7-3-2-6-11(12)16-19-13-8-4-5-9-14(13)21-16/h2-10H,17H2,1H3,(H,18,20)/t10-/m1/s1. The highest BCUT2D eigenvalue weighted by Gasteiger charge is 2.15. The van der Waals surface area contributed by atoms with Crippen LogP contribution in [0.2, 0.25) is 0 Å². The molecule has 0 unspecified atom stereocenters. The fourth-order valence-electron chi connectivity index (χ4n) is 2.01. The topological polar surface area (TPSA) is 81.2 Å². The minimum atomic E-state index is -0.582. The van der Waals surface area contributed by atoms with E-state index in [-0.39, 0.29) is 5.91 Å². The van der Waals surface area contributed by atoms with Crippen molar-refractivity contribution in [1.82, 2.24) is 4.98 Å². The molecule has 3 N–H and O–H groups in total. The first kappa shape index (κ1) is 13.3. The van der Waals surface area contributed by atoms with Crippen molar-refractivity contribution in [2.75, 3.05) is 5.32 Å². The number of rotatable bonds is 3. The number of nitrogens with one attached hydrogen (secondary N) is 1. The molecule has 106 valence electrons. The van der Waals surface area contributed by atoms with Crippen molar-refractivity contribution in [2.24, 2.45) is 5.73 Å². The highest BCUT2D eigenvalue weighted by Crippen LogP contribution is 2.29. The Balaban J connectivity index is 2.03. The minimum absolute atomic E-state index is 0.251. The molecule has 1 atom stereocenters. The first-order valence-electron chi connectivity index (χ1n) is 6.66. The maximum Gasteiger partial charge on any atom is 0.241 e. The predicted octanol–water partition coefficient (Wildman–Crippen LogP) is 2.78. The summed E-state index contributed by atoms with van der Waals surface area (Å²) in [5, 5.41) is 2.79. The lowest BCUT2D eigenvalue weighted by atomic mass is 10.1. The number of nitrogens with two attached hydrogens (primary N) is 1. The average molecular weight is 281 g/mol. The average Bonchev–Trinajstić information content (AvgIpc) is 2.91. The molecule has 0 saturated heterocycles. The van der Waals surface area contributed by atoms with Gasteiger partial charge in [-0.3, -0.25) is 4.79 Å². The van der Waals surface area contributed by atoms with E-state index in [4.69, 9.17) is 10.2 Å². The summed E-state index contributed by atoms with van der Waals surface area (Å²) in [6, 6.07) is 14.3. The summed E-state index contributed by atoms with van der Waals surface area (Å²) >= 11 is 0.